The summed E-state index contributed by atoms with van der Waals surface area (Å²) in [7, 11) is 0. The summed E-state index contributed by atoms with van der Waals surface area (Å²) >= 11 is 1.78. The van der Waals surface area contributed by atoms with E-state index in [0.29, 0.717) is 6.54 Å². The molecule has 0 saturated heterocycles. The Bertz CT molecular complexity index is 529. The highest BCUT2D eigenvalue weighted by Gasteiger charge is 2.04. The molecule has 0 unspecified atom stereocenters. The fourth-order valence-corrected chi connectivity index (χ4v) is 2.79. The lowest BCUT2D eigenvalue weighted by molar-refractivity contribution is -0.115. The lowest BCUT2D eigenvalue weighted by Gasteiger charge is -2.05. The minimum Gasteiger partial charge on any atom is -0.325 e. The molecule has 0 aliphatic rings. The summed E-state index contributed by atoms with van der Waals surface area (Å²) in [4.78, 5) is 14.3. The van der Waals surface area contributed by atoms with Crippen LogP contribution in [-0.2, 0) is 11.3 Å². The van der Waals surface area contributed by atoms with Crippen molar-refractivity contribution in [3.05, 3.63) is 51.7 Å². The number of anilines is 1. The van der Waals surface area contributed by atoms with E-state index in [4.69, 9.17) is 0 Å². The monoisotopic (exact) mass is 274 g/mol. The number of benzene rings is 1. The van der Waals surface area contributed by atoms with E-state index < -0.39 is 0 Å². The number of carbonyl (C=O) groups is 1. The van der Waals surface area contributed by atoms with Crippen molar-refractivity contribution < 1.29 is 4.79 Å². The van der Waals surface area contributed by atoms with Crippen LogP contribution in [-0.4, -0.2) is 12.5 Å². The maximum atomic E-state index is 11.7. The number of para-hydroxylation sites is 1. The van der Waals surface area contributed by atoms with Gasteiger partial charge in [0.05, 0.1) is 6.54 Å². The van der Waals surface area contributed by atoms with Crippen LogP contribution in [0.15, 0.2) is 36.4 Å². The first kappa shape index (κ1) is 13.8. The number of carbonyl (C=O) groups excluding carboxylic acids is 1. The van der Waals surface area contributed by atoms with E-state index in [1.807, 2.05) is 30.3 Å². The van der Waals surface area contributed by atoms with Gasteiger partial charge in [-0.15, -0.1) is 11.3 Å². The van der Waals surface area contributed by atoms with Crippen molar-refractivity contribution in [2.24, 2.45) is 0 Å². The molecule has 3 nitrogen and oxygen atoms in total. The Hall–Kier alpha value is -1.65. The molecule has 0 fully saturated rings. The highest BCUT2D eigenvalue weighted by atomic mass is 32.1. The Labute approximate surface area is 117 Å². The van der Waals surface area contributed by atoms with Gasteiger partial charge in [0, 0.05) is 22.0 Å². The average Bonchev–Trinajstić information content (AvgIpc) is 2.70. The van der Waals surface area contributed by atoms with Gasteiger partial charge in [-0.3, -0.25) is 4.79 Å². The van der Waals surface area contributed by atoms with Crippen LogP contribution in [0.1, 0.15) is 15.3 Å². The quantitative estimate of drug-likeness (QED) is 0.879. The molecular weight excluding hydrogens is 256 g/mol. The largest absolute Gasteiger partial charge is 0.325 e. The second-order valence-electron chi connectivity index (χ2n) is 4.47. The van der Waals surface area contributed by atoms with Gasteiger partial charge in [-0.2, -0.15) is 0 Å². The second-order valence-corrected chi connectivity index (χ2v) is 5.81. The highest BCUT2D eigenvalue weighted by Crippen LogP contribution is 2.20. The number of rotatable bonds is 5. The third-order valence-corrected chi connectivity index (χ3v) is 4.01. The van der Waals surface area contributed by atoms with Crippen molar-refractivity contribution in [1.82, 2.24) is 5.32 Å². The van der Waals surface area contributed by atoms with Gasteiger partial charge in [-0.1, -0.05) is 18.2 Å². The second kappa shape index (κ2) is 6.50. The smallest absolute Gasteiger partial charge is 0.238 e. The van der Waals surface area contributed by atoms with Crippen molar-refractivity contribution in [2.45, 2.75) is 20.4 Å². The Morgan fingerprint density at radius 3 is 2.58 bits per heavy atom. The van der Waals surface area contributed by atoms with Crippen molar-refractivity contribution in [3.8, 4) is 0 Å². The third kappa shape index (κ3) is 4.19. The molecule has 100 valence electrons. The zero-order valence-electron chi connectivity index (χ0n) is 11.2. The number of thiophene rings is 1. The summed E-state index contributed by atoms with van der Waals surface area (Å²) in [5.41, 5.74) is 2.15. The number of hydrogen-bond donors (Lipinski definition) is 2. The SMILES string of the molecule is Cc1cc(CNCC(=O)Nc2ccccc2)sc1C. The molecule has 0 atom stereocenters. The standard InChI is InChI=1S/C15H18N2OS/c1-11-8-14(19-12(11)2)9-16-10-15(18)17-13-6-4-3-5-7-13/h3-8,16H,9-10H2,1-2H3,(H,17,18). The minimum atomic E-state index is -0.0174. The summed E-state index contributed by atoms with van der Waals surface area (Å²) in [6.07, 6.45) is 0. The molecule has 0 spiro atoms. The van der Waals surface area contributed by atoms with Crippen LogP contribution in [0.5, 0.6) is 0 Å². The molecular formula is C15H18N2OS. The van der Waals surface area contributed by atoms with E-state index in [2.05, 4.69) is 30.5 Å². The van der Waals surface area contributed by atoms with Crippen LogP contribution in [0.25, 0.3) is 0 Å². The van der Waals surface area contributed by atoms with Crippen LogP contribution in [0, 0.1) is 13.8 Å². The molecule has 0 aliphatic heterocycles. The molecule has 2 rings (SSSR count). The van der Waals surface area contributed by atoms with Crippen molar-refractivity contribution >= 4 is 22.9 Å². The molecule has 2 N–H and O–H groups in total. The predicted octanol–water partition coefficient (Wildman–Crippen LogP) is 3.09. The molecule has 19 heavy (non-hydrogen) atoms. The molecule has 1 heterocycles. The molecule has 1 amide bonds. The maximum absolute atomic E-state index is 11.7. The summed E-state index contributed by atoms with van der Waals surface area (Å²) in [5, 5.41) is 6.01. The fourth-order valence-electron chi connectivity index (χ4n) is 1.76. The van der Waals surface area contributed by atoms with Gasteiger partial charge in [0.25, 0.3) is 0 Å². The van der Waals surface area contributed by atoms with Gasteiger partial charge >= 0.3 is 0 Å². The van der Waals surface area contributed by atoms with Crippen molar-refractivity contribution in [2.75, 3.05) is 11.9 Å². The first-order valence-corrected chi connectivity index (χ1v) is 7.08. The number of aryl methyl sites for hydroxylation is 2. The number of amides is 1. The van der Waals surface area contributed by atoms with Crippen LogP contribution in [0.4, 0.5) is 5.69 Å². The molecule has 4 heteroatoms. The molecule has 1 aromatic heterocycles. The molecule has 0 saturated carbocycles. The van der Waals surface area contributed by atoms with Crippen LogP contribution in [0.2, 0.25) is 0 Å². The van der Waals surface area contributed by atoms with Gasteiger partial charge < -0.3 is 10.6 Å². The normalized spacial score (nSPS) is 10.4. The molecule has 0 aliphatic carbocycles. The number of nitrogens with one attached hydrogen (secondary N) is 2. The summed E-state index contributed by atoms with van der Waals surface area (Å²) in [6, 6.07) is 11.7. The van der Waals surface area contributed by atoms with Gasteiger partial charge in [-0.05, 0) is 37.6 Å². The third-order valence-electron chi connectivity index (χ3n) is 2.86. The molecule has 2 aromatic rings. The van der Waals surface area contributed by atoms with Gasteiger partial charge in [0.2, 0.25) is 5.91 Å². The minimum absolute atomic E-state index is 0.0174. The summed E-state index contributed by atoms with van der Waals surface area (Å²) in [5.74, 6) is -0.0174. The summed E-state index contributed by atoms with van der Waals surface area (Å²) < 4.78 is 0. The van der Waals surface area contributed by atoms with Crippen LogP contribution < -0.4 is 10.6 Å². The Kier molecular flexibility index (Phi) is 4.71. The van der Waals surface area contributed by atoms with E-state index in [9.17, 15) is 4.79 Å². The lowest BCUT2D eigenvalue weighted by Crippen LogP contribution is -2.27. The number of hydrogen-bond acceptors (Lipinski definition) is 3. The van der Waals surface area contributed by atoms with Gasteiger partial charge in [0.1, 0.15) is 0 Å². The first-order chi connectivity index (χ1) is 9.15. The lowest BCUT2D eigenvalue weighted by atomic mass is 10.3. The first-order valence-electron chi connectivity index (χ1n) is 6.26. The van der Waals surface area contributed by atoms with Crippen LogP contribution >= 0.6 is 11.3 Å². The molecule has 0 bridgehead atoms. The van der Waals surface area contributed by atoms with Crippen molar-refractivity contribution in [3.63, 3.8) is 0 Å². The molecule has 0 radical (unpaired) electrons. The Morgan fingerprint density at radius 2 is 1.95 bits per heavy atom. The zero-order chi connectivity index (χ0) is 13.7. The van der Waals surface area contributed by atoms with E-state index in [1.54, 1.807) is 11.3 Å². The Balaban J connectivity index is 1.75. The Morgan fingerprint density at radius 1 is 1.21 bits per heavy atom. The fraction of sp³-hybridized carbons (Fsp3) is 0.267. The zero-order valence-corrected chi connectivity index (χ0v) is 12.0. The van der Waals surface area contributed by atoms with Gasteiger partial charge in [0.15, 0.2) is 0 Å². The topological polar surface area (TPSA) is 41.1 Å². The van der Waals surface area contributed by atoms with E-state index in [1.165, 1.54) is 15.3 Å². The average molecular weight is 274 g/mol. The maximum Gasteiger partial charge on any atom is 0.238 e. The molecule has 1 aromatic carbocycles. The van der Waals surface area contributed by atoms with E-state index >= 15 is 0 Å². The van der Waals surface area contributed by atoms with Gasteiger partial charge in [-0.25, -0.2) is 0 Å². The van der Waals surface area contributed by atoms with Crippen molar-refractivity contribution in [1.29, 1.82) is 0 Å². The summed E-state index contributed by atoms with van der Waals surface area (Å²) in [6.45, 7) is 5.29. The highest BCUT2D eigenvalue weighted by molar-refractivity contribution is 7.12. The van der Waals surface area contributed by atoms with Crippen LogP contribution in [0.3, 0.4) is 0 Å². The van der Waals surface area contributed by atoms with E-state index in [0.717, 1.165) is 12.2 Å². The van der Waals surface area contributed by atoms with E-state index in [-0.39, 0.29) is 5.91 Å². The predicted molar refractivity (Wildman–Crippen MR) is 80.6 cm³/mol.